The van der Waals surface area contributed by atoms with Crippen molar-refractivity contribution in [2.24, 2.45) is 5.73 Å². The third kappa shape index (κ3) is 2.87. The van der Waals surface area contributed by atoms with Crippen LogP contribution in [0.5, 0.6) is 0 Å². The normalized spacial score (nSPS) is 31.8. The van der Waals surface area contributed by atoms with Gasteiger partial charge in [-0.25, -0.2) is 0 Å². The van der Waals surface area contributed by atoms with Gasteiger partial charge in [0.15, 0.2) is 0 Å². The number of ether oxygens (including phenoxy) is 1. The highest BCUT2D eigenvalue weighted by Gasteiger charge is 2.45. The summed E-state index contributed by atoms with van der Waals surface area (Å²) in [7, 11) is 0. The summed E-state index contributed by atoms with van der Waals surface area (Å²) in [5.74, 6) is 0. The Labute approximate surface area is 119 Å². The first kappa shape index (κ1) is 13.6. The van der Waals surface area contributed by atoms with Crippen LogP contribution in [-0.4, -0.2) is 35.7 Å². The number of nitrogens with two attached hydrogens (primary N) is 1. The fraction of sp³-hybridized carbons (Fsp3) is 0.733. The van der Waals surface area contributed by atoms with Crippen LogP contribution in [0.25, 0.3) is 0 Å². The molecule has 1 saturated heterocycles. The molecule has 1 saturated carbocycles. The second-order valence-electron chi connectivity index (χ2n) is 6.05. The van der Waals surface area contributed by atoms with E-state index in [1.165, 1.54) is 18.4 Å². The van der Waals surface area contributed by atoms with Gasteiger partial charge in [0, 0.05) is 31.3 Å². The molecule has 4 heteroatoms. The number of hydrogen-bond donors (Lipinski definition) is 1. The molecule has 0 bridgehead atoms. The lowest BCUT2D eigenvalue weighted by Crippen LogP contribution is -2.58. The standard InChI is InChI=1S/C15H24N2OS/c1-12-8-15(11-16,5-6-18-12)17(14-2-3-14)9-13-4-7-19-10-13/h4,7,10,12,14H,2-3,5-6,8-9,11,16H2,1H3. The molecule has 1 aliphatic heterocycles. The molecule has 1 aromatic rings. The zero-order chi connectivity index (χ0) is 13.3. The van der Waals surface area contributed by atoms with Crippen LogP contribution < -0.4 is 5.73 Å². The second-order valence-corrected chi connectivity index (χ2v) is 6.83. The predicted octanol–water partition coefficient (Wildman–Crippen LogP) is 2.61. The Morgan fingerprint density at radius 2 is 2.37 bits per heavy atom. The summed E-state index contributed by atoms with van der Waals surface area (Å²) in [6.07, 6.45) is 5.15. The van der Waals surface area contributed by atoms with E-state index < -0.39 is 0 Å². The lowest BCUT2D eigenvalue weighted by Gasteiger charge is -2.48. The quantitative estimate of drug-likeness (QED) is 0.901. The minimum Gasteiger partial charge on any atom is -0.378 e. The van der Waals surface area contributed by atoms with Crippen molar-refractivity contribution < 1.29 is 4.74 Å². The van der Waals surface area contributed by atoms with Crippen molar-refractivity contribution >= 4 is 11.3 Å². The van der Waals surface area contributed by atoms with Crippen molar-refractivity contribution in [3.63, 3.8) is 0 Å². The van der Waals surface area contributed by atoms with Gasteiger partial charge in [0.25, 0.3) is 0 Å². The molecule has 0 amide bonds. The first-order valence-electron chi connectivity index (χ1n) is 7.33. The Kier molecular flexibility index (Phi) is 3.94. The molecule has 3 rings (SSSR count). The van der Waals surface area contributed by atoms with Gasteiger partial charge in [-0.05, 0) is 55.0 Å². The molecule has 106 valence electrons. The number of thiophene rings is 1. The van der Waals surface area contributed by atoms with E-state index in [1.807, 2.05) is 0 Å². The van der Waals surface area contributed by atoms with Crippen LogP contribution >= 0.6 is 11.3 Å². The zero-order valence-corrected chi connectivity index (χ0v) is 12.5. The Bertz CT molecular complexity index is 404. The van der Waals surface area contributed by atoms with Crippen molar-refractivity contribution in [3.05, 3.63) is 22.4 Å². The third-order valence-corrected chi connectivity index (χ3v) is 5.28. The summed E-state index contributed by atoms with van der Waals surface area (Å²) in [6.45, 7) is 4.84. The largest absolute Gasteiger partial charge is 0.378 e. The van der Waals surface area contributed by atoms with Gasteiger partial charge < -0.3 is 10.5 Å². The topological polar surface area (TPSA) is 38.5 Å². The zero-order valence-electron chi connectivity index (χ0n) is 11.7. The minimum atomic E-state index is 0.154. The molecule has 0 spiro atoms. The van der Waals surface area contributed by atoms with E-state index in [0.29, 0.717) is 6.10 Å². The summed E-state index contributed by atoms with van der Waals surface area (Å²) in [5, 5.41) is 4.44. The molecule has 1 aliphatic carbocycles. The van der Waals surface area contributed by atoms with Gasteiger partial charge in [-0.3, -0.25) is 4.90 Å². The summed E-state index contributed by atoms with van der Waals surface area (Å²) in [6, 6.07) is 2.99. The molecule has 0 aromatic carbocycles. The summed E-state index contributed by atoms with van der Waals surface area (Å²) in [5.41, 5.74) is 7.79. The average molecular weight is 280 g/mol. The number of nitrogens with zero attached hydrogens (tertiary/aromatic N) is 1. The van der Waals surface area contributed by atoms with E-state index in [4.69, 9.17) is 10.5 Å². The first-order valence-corrected chi connectivity index (χ1v) is 8.27. The van der Waals surface area contributed by atoms with Crippen LogP contribution in [0.1, 0.15) is 38.2 Å². The van der Waals surface area contributed by atoms with Crippen LogP contribution in [0.15, 0.2) is 16.8 Å². The molecule has 2 unspecified atom stereocenters. The van der Waals surface area contributed by atoms with Gasteiger partial charge in [0.1, 0.15) is 0 Å². The van der Waals surface area contributed by atoms with Gasteiger partial charge in [0.05, 0.1) is 6.10 Å². The van der Waals surface area contributed by atoms with Crippen molar-refractivity contribution in [1.29, 1.82) is 0 Å². The molecule has 2 heterocycles. The van der Waals surface area contributed by atoms with Crippen molar-refractivity contribution in [1.82, 2.24) is 4.90 Å². The lowest BCUT2D eigenvalue weighted by molar-refractivity contribution is -0.0698. The Balaban J connectivity index is 1.80. The lowest BCUT2D eigenvalue weighted by atomic mass is 9.84. The maximum absolute atomic E-state index is 6.20. The number of hydrogen-bond acceptors (Lipinski definition) is 4. The van der Waals surface area contributed by atoms with Gasteiger partial charge in [-0.2, -0.15) is 11.3 Å². The molecule has 3 nitrogen and oxygen atoms in total. The number of rotatable bonds is 5. The summed E-state index contributed by atoms with van der Waals surface area (Å²) in [4.78, 5) is 2.69. The van der Waals surface area contributed by atoms with Crippen LogP contribution in [-0.2, 0) is 11.3 Å². The Morgan fingerprint density at radius 1 is 1.53 bits per heavy atom. The highest BCUT2D eigenvalue weighted by molar-refractivity contribution is 7.07. The fourth-order valence-corrected chi connectivity index (χ4v) is 4.02. The van der Waals surface area contributed by atoms with Crippen molar-refractivity contribution in [3.8, 4) is 0 Å². The smallest absolute Gasteiger partial charge is 0.0565 e. The molecular weight excluding hydrogens is 256 g/mol. The maximum Gasteiger partial charge on any atom is 0.0565 e. The molecule has 2 aliphatic rings. The van der Waals surface area contributed by atoms with E-state index in [-0.39, 0.29) is 5.54 Å². The van der Waals surface area contributed by atoms with E-state index >= 15 is 0 Å². The third-order valence-electron chi connectivity index (χ3n) is 4.55. The van der Waals surface area contributed by atoms with Crippen LogP contribution in [0.2, 0.25) is 0 Å². The van der Waals surface area contributed by atoms with E-state index in [9.17, 15) is 0 Å². The average Bonchev–Trinajstić information content (AvgIpc) is 3.12. The molecular formula is C15H24N2OS. The van der Waals surface area contributed by atoms with Gasteiger partial charge in [0.2, 0.25) is 0 Å². The van der Waals surface area contributed by atoms with Gasteiger partial charge in [-0.1, -0.05) is 0 Å². The summed E-state index contributed by atoms with van der Waals surface area (Å²) >= 11 is 1.78. The molecule has 2 fully saturated rings. The van der Waals surface area contributed by atoms with Crippen LogP contribution in [0, 0.1) is 0 Å². The van der Waals surface area contributed by atoms with Gasteiger partial charge >= 0.3 is 0 Å². The highest BCUT2D eigenvalue weighted by Crippen LogP contribution is 2.40. The maximum atomic E-state index is 6.20. The monoisotopic (exact) mass is 280 g/mol. The highest BCUT2D eigenvalue weighted by atomic mass is 32.1. The summed E-state index contributed by atoms with van der Waals surface area (Å²) < 4.78 is 5.74. The molecule has 1 aromatic heterocycles. The molecule has 2 atom stereocenters. The van der Waals surface area contributed by atoms with Crippen LogP contribution in [0.3, 0.4) is 0 Å². The van der Waals surface area contributed by atoms with E-state index in [0.717, 1.165) is 38.6 Å². The van der Waals surface area contributed by atoms with Crippen molar-refractivity contribution in [2.45, 2.75) is 56.8 Å². The van der Waals surface area contributed by atoms with Crippen LogP contribution in [0.4, 0.5) is 0 Å². The Morgan fingerprint density at radius 3 is 2.95 bits per heavy atom. The Hall–Kier alpha value is -0.420. The first-order chi connectivity index (χ1) is 9.23. The van der Waals surface area contributed by atoms with Gasteiger partial charge in [-0.15, -0.1) is 0 Å². The second kappa shape index (κ2) is 5.52. The van der Waals surface area contributed by atoms with E-state index in [1.54, 1.807) is 11.3 Å². The molecule has 0 radical (unpaired) electrons. The predicted molar refractivity (Wildman–Crippen MR) is 79.3 cm³/mol. The minimum absolute atomic E-state index is 0.154. The fourth-order valence-electron chi connectivity index (χ4n) is 3.36. The van der Waals surface area contributed by atoms with E-state index in [2.05, 4.69) is 28.7 Å². The molecule has 2 N–H and O–H groups in total. The SMILES string of the molecule is CC1CC(CN)(N(Cc2ccsc2)C2CC2)CCO1. The van der Waals surface area contributed by atoms with Crippen molar-refractivity contribution in [2.75, 3.05) is 13.2 Å². The molecule has 19 heavy (non-hydrogen) atoms.